The van der Waals surface area contributed by atoms with Crippen LogP contribution in [0.3, 0.4) is 0 Å². The second kappa shape index (κ2) is 6.79. The number of amides is 1. The molecule has 1 amide bonds. The van der Waals surface area contributed by atoms with E-state index in [1.165, 1.54) is 10.9 Å². The molecule has 5 N–H and O–H groups in total. The third kappa shape index (κ3) is 4.68. The van der Waals surface area contributed by atoms with Gasteiger partial charge >= 0.3 is 12.1 Å². The van der Waals surface area contributed by atoms with Crippen LogP contribution in [0.15, 0.2) is 11.1 Å². The first kappa shape index (κ1) is 18.2. The van der Waals surface area contributed by atoms with E-state index in [2.05, 4.69) is 20.3 Å². The molecule has 0 fully saturated rings. The molecule has 11 nitrogen and oxygen atoms in total. The summed E-state index contributed by atoms with van der Waals surface area (Å²) in [4.78, 5) is 45.1. The van der Waals surface area contributed by atoms with Gasteiger partial charge in [-0.05, 0) is 27.2 Å². The standard InChI is InChI=1S/C14H20N6O5/c1-14(2,3)25-13(24)17-7(11(22)23)4-5-20-6-16-8-9(20)18-12(15)19-10(8)21/h6-7H,4-5H2,1-3H3,(H,17,24)(H,22,23)(H3,15,18,19,21)/t7-/m0/s1. The topological polar surface area (TPSA) is 165 Å². The molecule has 0 aliphatic rings. The van der Waals surface area contributed by atoms with Gasteiger partial charge in [0, 0.05) is 6.54 Å². The van der Waals surface area contributed by atoms with Crippen LogP contribution in [0.2, 0.25) is 0 Å². The van der Waals surface area contributed by atoms with Crippen LogP contribution in [0.25, 0.3) is 11.2 Å². The first-order chi connectivity index (χ1) is 11.6. The number of carbonyl (C=O) groups excluding carboxylic acids is 1. The van der Waals surface area contributed by atoms with Crippen molar-refractivity contribution < 1.29 is 19.4 Å². The van der Waals surface area contributed by atoms with Crippen LogP contribution in [0.4, 0.5) is 10.7 Å². The maximum Gasteiger partial charge on any atom is 0.408 e. The number of ether oxygens (including phenoxy) is 1. The number of imidazole rings is 1. The van der Waals surface area contributed by atoms with Crippen molar-refractivity contribution in [2.24, 2.45) is 0 Å². The van der Waals surface area contributed by atoms with E-state index < -0.39 is 29.3 Å². The van der Waals surface area contributed by atoms with Gasteiger partial charge in [0.2, 0.25) is 5.95 Å². The van der Waals surface area contributed by atoms with E-state index >= 15 is 0 Å². The van der Waals surface area contributed by atoms with Crippen molar-refractivity contribution in [1.29, 1.82) is 0 Å². The largest absolute Gasteiger partial charge is 0.480 e. The molecule has 136 valence electrons. The van der Waals surface area contributed by atoms with Gasteiger partial charge < -0.3 is 25.5 Å². The zero-order chi connectivity index (χ0) is 18.8. The summed E-state index contributed by atoms with van der Waals surface area (Å²) in [5.41, 5.74) is 4.62. The summed E-state index contributed by atoms with van der Waals surface area (Å²) in [6.45, 7) is 5.17. The van der Waals surface area contributed by atoms with Gasteiger partial charge in [-0.3, -0.25) is 9.78 Å². The van der Waals surface area contributed by atoms with E-state index in [4.69, 9.17) is 10.5 Å². The van der Waals surface area contributed by atoms with Gasteiger partial charge in [-0.25, -0.2) is 14.6 Å². The first-order valence-corrected chi connectivity index (χ1v) is 7.50. The SMILES string of the molecule is CC(C)(C)OC(=O)N[C@@H](CCn1cnc2c(=O)[nH]c(N)nc21)C(=O)O. The van der Waals surface area contributed by atoms with Crippen LogP contribution in [-0.4, -0.2) is 48.3 Å². The number of fused-ring (bicyclic) bond motifs is 1. The third-order valence-corrected chi connectivity index (χ3v) is 3.14. The van der Waals surface area contributed by atoms with Crippen LogP contribution < -0.4 is 16.6 Å². The maximum atomic E-state index is 11.7. The number of carboxylic acids is 1. The number of nitrogens with two attached hydrogens (primary N) is 1. The van der Waals surface area contributed by atoms with Crippen LogP contribution in [0.1, 0.15) is 27.2 Å². The molecule has 2 rings (SSSR count). The average molecular weight is 352 g/mol. The van der Waals surface area contributed by atoms with E-state index in [-0.39, 0.29) is 30.1 Å². The summed E-state index contributed by atoms with van der Waals surface area (Å²) in [5.74, 6) is -1.28. The zero-order valence-corrected chi connectivity index (χ0v) is 14.1. The highest BCUT2D eigenvalue weighted by atomic mass is 16.6. The van der Waals surface area contributed by atoms with Gasteiger partial charge in [0.1, 0.15) is 11.6 Å². The van der Waals surface area contributed by atoms with Gasteiger partial charge in [-0.2, -0.15) is 4.98 Å². The predicted molar refractivity (Wildman–Crippen MR) is 88.0 cm³/mol. The highest BCUT2D eigenvalue weighted by Gasteiger charge is 2.24. The number of aliphatic carboxylic acids is 1. The second-order valence-electron chi connectivity index (χ2n) is 6.39. The van der Waals surface area contributed by atoms with E-state index in [1.54, 1.807) is 20.8 Å². The molecule has 0 bridgehead atoms. The molecule has 2 heterocycles. The Morgan fingerprint density at radius 2 is 2.16 bits per heavy atom. The van der Waals surface area contributed by atoms with Crippen molar-refractivity contribution in [3.8, 4) is 0 Å². The molecular weight excluding hydrogens is 332 g/mol. The normalized spacial score (nSPS) is 12.8. The molecule has 1 atom stereocenters. The number of carboxylic acid groups (broad SMARTS) is 1. The lowest BCUT2D eigenvalue weighted by molar-refractivity contribution is -0.139. The lowest BCUT2D eigenvalue weighted by Gasteiger charge is -2.22. The molecule has 2 aromatic rings. The number of aromatic amines is 1. The number of nitrogens with zero attached hydrogens (tertiary/aromatic N) is 3. The number of nitrogen functional groups attached to an aromatic ring is 1. The Morgan fingerprint density at radius 1 is 1.48 bits per heavy atom. The minimum absolute atomic E-state index is 0.0361. The van der Waals surface area contributed by atoms with Crippen molar-refractivity contribution >= 4 is 29.2 Å². The van der Waals surface area contributed by atoms with Gasteiger partial charge in [-0.1, -0.05) is 0 Å². The number of H-pyrrole nitrogens is 1. The van der Waals surface area contributed by atoms with Crippen molar-refractivity contribution in [1.82, 2.24) is 24.8 Å². The molecule has 0 aliphatic carbocycles. The lowest BCUT2D eigenvalue weighted by atomic mass is 10.2. The molecule has 0 spiro atoms. The molecule has 11 heteroatoms. The van der Waals surface area contributed by atoms with Gasteiger partial charge in [0.05, 0.1) is 6.33 Å². The smallest absolute Gasteiger partial charge is 0.408 e. The van der Waals surface area contributed by atoms with E-state index in [0.717, 1.165) is 0 Å². The second-order valence-corrected chi connectivity index (χ2v) is 6.39. The lowest BCUT2D eigenvalue weighted by Crippen LogP contribution is -2.43. The number of aryl methyl sites for hydroxylation is 1. The number of hydrogen-bond acceptors (Lipinski definition) is 7. The molecule has 0 aromatic carbocycles. The quantitative estimate of drug-likeness (QED) is 0.586. The summed E-state index contributed by atoms with van der Waals surface area (Å²) in [6, 6.07) is -1.17. The van der Waals surface area contributed by atoms with Crippen molar-refractivity contribution in [2.75, 3.05) is 5.73 Å². The maximum absolute atomic E-state index is 11.7. The molecule has 0 aliphatic heterocycles. The highest BCUT2D eigenvalue weighted by Crippen LogP contribution is 2.10. The number of alkyl carbamates (subject to hydrolysis) is 1. The number of rotatable bonds is 5. The summed E-state index contributed by atoms with van der Waals surface area (Å²) in [5, 5.41) is 11.6. The Kier molecular flexibility index (Phi) is 4.95. The summed E-state index contributed by atoms with van der Waals surface area (Å²) in [7, 11) is 0. The Morgan fingerprint density at radius 3 is 2.76 bits per heavy atom. The van der Waals surface area contributed by atoms with Crippen molar-refractivity contribution in [3.63, 3.8) is 0 Å². The first-order valence-electron chi connectivity index (χ1n) is 7.50. The molecule has 25 heavy (non-hydrogen) atoms. The fourth-order valence-electron chi connectivity index (χ4n) is 2.11. The number of aromatic nitrogens is 4. The fourth-order valence-corrected chi connectivity index (χ4v) is 2.11. The summed E-state index contributed by atoms with van der Waals surface area (Å²) in [6.07, 6.45) is 0.571. The van der Waals surface area contributed by atoms with E-state index in [1.807, 2.05) is 0 Å². The van der Waals surface area contributed by atoms with Crippen LogP contribution in [0.5, 0.6) is 0 Å². The Labute approximate surface area is 142 Å². The molecule has 0 unspecified atom stereocenters. The minimum Gasteiger partial charge on any atom is -0.480 e. The Bertz CT molecular complexity index is 849. The van der Waals surface area contributed by atoms with Crippen LogP contribution in [0, 0.1) is 0 Å². The van der Waals surface area contributed by atoms with Gasteiger partial charge in [-0.15, -0.1) is 0 Å². The zero-order valence-electron chi connectivity index (χ0n) is 14.1. The molecule has 0 saturated heterocycles. The molecular formula is C14H20N6O5. The Balaban J connectivity index is 2.10. The number of nitrogens with one attached hydrogen (secondary N) is 2. The number of anilines is 1. The minimum atomic E-state index is -1.21. The average Bonchev–Trinajstić information content (AvgIpc) is 2.84. The number of carbonyl (C=O) groups is 2. The summed E-state index contributed by atoms with van der Waals surface area (Å²) >= 11 is 0. The van der Waals surface area contributed by atoms with E-state index in [0.29, 0.717) is 0 Å². The number of hydrogen-bond donors (Lipinski definition) is 4. The molecule has 0 radical (unpaired) electrons. The van der Waals surface area contributed by atoms with Crippen LogP contribution >= 0.6 is 0 Å². The Hall–Kier alpha value is -3.11. The van der Waals surface area contributed by atoms with Gasteiger partial charge in [0.25, 0.3) is 5.56 Å². The third-order valence-electron chi connectivity index (χ3n) is 3.14. The molecule has 0 saturated carbocycles. The van der Waals surface area contributed by atoms with E-state index in [9.17, 15) is 19.5 Å². The van der Waals surface area contributed by atoms with Crippen molar-refractivity contribution in [3.05, 3.63) is 16.7 Å². The fraction of sp³-hybridized carbons (Fsp3) is 0.500. The predicted octanol–water partition coefficient (Wildman–Crippen LogP) is 0.0698. The van der Waals surface area contributed by atoms with Gasteiger partial charge in [0.15, 0.2) is 11.2 Å². The van der Waals surface area contributed by atoms with Crippen molar-refractivity contribution in [2.45, 2.75) is 45.4 Å². The molecule has 2 aromatic heterocycles. The monoisotopic (exact) mass is 352 g/mol. The highest BCUT2D eigenvalue weighted by molar-refractivity contribution is 5.80. The summed E-state index contributed by atoms with van der Waals surface area (Å²) < 4.78 is 6.54. The van der Waals surface area contributed by atoms with Crippen LogP contribution in [-0.2, 0) is 16.1 Å².